The van der Waals surface area contributed by atoms with Crippen molar-refractivity contribution in [3.8, 4) is 57.2 Å². The minimum Gasteiger partial charge on any atom is -0.489 e. The molecule has 0 aliphatic heterocycles. The lowest BCUT2D eigenvalue weighted by atomic mass is 10.2. The highest BCUT2D eigenvalue weighted by Gasteiger charge is 2.15. The molecule has 3 N–H and O–H groups in total. The first kappa shape index (κ1) is 46.3. The maximum absolute atomic E-state index is 12.4. The molecule has 0 radical (unpaired) electrons. The number of nitrogens with zero attached hydrogens (tertiary/aromatic N) is 5. The third-order valence-corrected chi connectivity index (χ3v) is 11.0. The third kappa shape index (κ3) is 11.6. The van der Waals surface area contributed by atoms with Gasteiger partial charge in [0, 0.05) is 27.6 Å². The number of imidazole rings is 2. The van der Waals surface area contributed by atoms with E-state index < -0.39 is 11.5 Å². The van der Waals surface area contributed by atoms with Crippen LogP contribution < -0.4 is 21.0 Å². The van der Waals surface area contributed by atoms with Crippen LogP contribution in [0.15, 0.2) is 152 Å². The van der Waals surface area contributed by atoms with Crippen molar-refractivity contribution >= 4 is 61.2 Å². The third-order valence-electron chi connectivity index (χ3n) is 9.80. The minimum atomic E-state index is -0.598. The number of hydrogen-bond acceptors (Lipinski definition) is 10. The van der Waals surface area contributed by atoms with Gasteiger partial charge in [-0.15, -0.1) is 10.2 Å². The van der Waals surface area contributed by atoms with Crippen molar-refractivity contribution in [3.05, 3.63) is 176 Å². The van der Waals surface area contributed by atoms with Crippen molar-refractivity contribution < 1.29 is 18.3 Å². The molecule has 0 bridgehead atoms. The topological polar surface area (TPSA) is 183 Å². The van der Waals surface area contributed by atoms with Crippen LogP contribution >= 0.6 is 39.1 Å². The second kappa shape index (κ2) is 21.0. The summed E-state index contributed by atoms with van der Waals surface area (Å²) in [6.07, 6.45) is 0.0446. The summed E-state index contributed by atoms with van der Waals surface area (Å²) < 4.78 is 22.6. The Bertz CT molecular complexity index is 3380. The van der Waals surface area contributed by atoms with E-state index >= 15 is 0 Å². The monoisotopic (exact) mass is 1000 g/mol. The SMILES string of the molecule is BrCc1ccc2nc(-c3ccccc3)[nH]c2c1.CC(C)Oc1ccc(-c2n[nH]c(=O)o2)cc1Cl.CC(C)Oc1ccc(-c2nn(Cc3ccc4nc(-c5ccccc5)[nH]c4c3)c(=O)o2)cc1Cl. The van der Waals surface area contributed by atoms with Crippen LogP contribution in [0.5, 0.6) is 11.5 Å². The Hall–Kier alpha value is -7.20. The molecule has 4 aromatic heterocycles. The van der Waals surface area contributed by atoms with Crippen molar-refractivity contribution in [2.24, 2.45) is 0 Å². The number of fused-ring (bicyclic) bond motifs is 2. The molecule has 0 aliphatic carbocycles. The number of nitrogens with one attached hydrogen (secondary N) is 3. The van der Waals surface area contributed by atoms with Crippen LogP contribution in [0.2, 0.25) is 10.0 Å². The second-order valence-electron chi connectivity index (χ2n) is 15.6. The highest BCUT2D eigenvalue weighted by Crippen LogP contribution is 2.32. The number of aromatic nitrogens is 8. The molecule has 67 heavy (non-hydrogen) atoms. The van der Waals surface area contributed by atoms with E-state index in [4.69, 9.17) is 41.5 Å². The maximum Gasteiger partial charge on any atom is 0.437 e. The van der Waals surface area contributed by atoms with Crippen LogP contribution in [0.1, 0.15) is 38.8 Å². The lowest BCUT2D eigenvalue weighted by Gasteiger charge is -2.11. The Morgan fingerprint density at radius 1 is 0.612 bits per heavy atom. The van der Waals surface area contributed by atoms with Crippen LogP contribution in [-0.4, -0.2) is 52.1 Å². The molecule has 0 saturated carbocycles. The number of hydrogen-bond donors (Lipinski definition) is 3. The Balaban J connectivity index is 0.000000150. The Morgan fingerprint density at radius 2 is 1.12 bits per heavy atom. The van der Waals surface area contributed by atoms with E-state index in [1.165, 1.54) is 10.2 Å². The average Bonchev–Trinajstić information content (AvgIpc) is 4.14. The van der Waals surface area contributed by atoms with Crippen molar-refractivity contribution in [2.45, 2.75) is 51.8 Å². The van der Waals surface area contributed by atoms with Gasteiger partial charge in [-0.3, -0.25) is 0 Å². The minimum absolute atomic E-state index is 0.00136. The first-order chi connectivity index (χ1) is 32.4. The van der Waals surface area contributed by atoms with Crippen LogP contribution in [0.4, 0.5) is 0 Å². The van der Waals surface area contributed by atoms with E-state index in [0.717, 1.165) is 55.7 Å². The zero-order valence-electron chi connectivity index (χ0n) is 36.6. The zero-order valence-corrected chi connectivity index (χ0v) is 39.7. The van der Waals surface area contributed by atoms with Crippen LogP contribution in [-0.2, 0) is 11.9 Å². The van der Waals surface area contributed by atoms with E-state index in [2.05, 4.69) is 81.5 Å². The largest absolute Gasteiger partial charge is 0.489 e. The Labute approximate surface area is 402 Å². The smallest absolute Gasteiger partial charge is 0.437 e. The van der Waals surface area contributed by atoms with Gasteiger partial charge in [-0.2, -0.15) is 4.68 Å². The zero-order chi connectivity index (χ0) is 47.0. The molecule has 4 heterocycles. The summed E-state index contributed by atoms with van der Waals surface area (Å²) in [7, 11) is 0. The molecule has 0 fully saturated rings. The molecule has 0 unspecified atom stereocenters. The van der Waals surface area contributed by atoms with Crippen molar-refractivity contribution in [1.82, 2.24) is 39.9 Å². The summed E-state index contributed by atoms with van der Waals surface area (Å²) in [5, 5.41) is 12.0. The summed E-state index contributed by atoms with van der Waals surface area (Å²) in [6.45, 7) is 7.94. The van der Waals surface area contributed by atoms with E-state index in [-0.39, 0.29) is 30.5 Å². The van der Waals surface area contributed by atoms with Crippen molar-refractivity contribution in [1.29, 1.82) is 0 Å². The number of aromatic amines is 3. The molecule has 10 aromatic rings. The summed E-state index contributed by atoms with van der Waals surface area (Å²) in [6, 6.07) is 42.4. The molecule has 340 valence electrons. The van der Waals surface area contributed by atoms with Gasteiger partial charge in [-0.1, -0.05) is 112 Å². The van der Waals surface area contributed by atoms with Crippen LogP contribution in [0, 0.1) is 0 Å². The summed E-state index contributed by atoms with van der Waals surface area (Å²) in [5.41, 5.74) is 9.31. The quantitative estimate of drug-likeness (QED) is 0.105. The first-order valence-corrected chi connectivity index (χ1v) is 23.0. The molecule has 0 saturated heterocycles. The summed E-state index contributed by atoms with van der Waals surface area (Å²) in [4.78, 5) is 39.2. The number of rotatable bonds is 11. The normalized spacial score (nSPS) is 11.1. The molecular weight excluding hydrogens is 959 g/mol. The average molecular weight is 1000 g/mol. The van der Waals surface area contributed by atoms with Gasteiger partial charge < -0.3 is 28.3 Å². The Kier molecular flexibility index (Phi) is 14.5. The van der Waals surface area contributed by atoms with Crippen molar-refractivity contribution in [3.63, 3.8) is 0 Å². The molecule has 6 aromatic carbocycles. The number of H-pyrrole nitrogens is 3. The van der Waals surface area contributed by atoms with E-state index in [1.807, 2.05) is 94.4 Å². The number of benzene rings is 6. The van der Waals surface area contributed by atoms with Crippen LogP contribution in [0.25, 0.3) is 67.8 Å². The van der Waals surface area contributed by atoms with Crippen molar-refractivity contribution in [2.75, 3.05) is 0 Å². The molecular formula is C50H43BrCl2N8O6. The molecule has 14 nitrogen and oxygen atoms in total. The standard InChI is InChI=1S/C25H21ClN4O3.C14H11BrN2.C11H11ClN2O3/c1-15(2)32-22-11-9-18(13-19(22)26)24-29-30(25(31)33-24)14-16-8-10-20-21(12-16)28-23(27-20)17-6-4-3-5-7-17;15-9-10-6-7-12-13(8-10)17-14(16-12)11-4-2-1-3-5-11;1-6(2)16-9-4-3-7(5-8(9)12)10-13-14-11(15)17-10/h3-13,15H,14H2,1-2H3,(H,27,28);1-8H,9H2,(H,16,17);3-6H,1-2H3,(H,14,15). The van der Waals surface area contributed by atoms with Gasteiger partial charge in [-0.05, 0) is 99.5 Å². The number of ether oxygens (including phenoxy) is 2. The predicted octanol–water partition coefficient (Wildman–Crippen LogP) is 12.1. The fraction of sp³-hybridized carbons (Fsp3) is 0.160. The molecule has 10 rings (SSSR count). The highest BCUT2D eigenvalue weighted by molar-refractivity contribution is 9.08. The van der Waals surface area contributed by atoms with Gasteiger partial charge in [-0.25, -0.2) is 24.7 Å². The summed E-state index contributed by atoms with van der Waals surface area (Å²) in [5.74, 6) is 2.14. The van der Waals surface area contributed by atoms with Gasteiger partial charge in [0.15, 0.2) is 0 Å². The lowest BCUT2D eigenvalue weighted by molar-refractivity contribution is 0.242. The maximum atomic E-state index is 12.4. The lowest BCUT2D eigenvalue weighted by Crippen LogP contribution is -2.16. The summed E-state index contributed by atoms with van der Waals surface area (Å²) >= 11 is 15.8. The molecule has 0 amide bonds. The highest BCUT2D eigenvalue weighted by atomic mass is 79.9. The molecule has 0 aliphatic rings. The Morgan fingerprint density at radius 3 is 1.60 bits per heavy atom. The van der Waals surface area contributed by atoms with E-state index in [9.17, 15) is 9.59 Å². The van der Waals surface area contributed by atoms with Crippen LogP contribution in [0.3, 0.4) is 0 Å². The molecule has 0 atom stereocenters. The second-order valence-corrected chi connectivity index (χ2v) is 17.0. The number of alkyl halides is 1. The fourth-order valence-electron chi connectivity index (χ4n) is 6.78. The van der Waals surface area contributed by atoms with Gasteiger partial charge >= 0.3 is 11.5 Å². The van der Waals surface area contributed by atoms with Gasteiger partial charge in [0.25, 0.3) is 0 Å². The fourth-order valence-corrected chi connectivity index (χ4v) is 7.58. The number of halogens is 3. The van der Waals surface area contributed by atoms with Gasteiger partial charge in [0.2, 0.25) is 11.8 Å². The van der Waals surface area contributed by atoms with Gasteiger partial charge in [0.05, 0.1) is 50.9 Å². The molecule has 17 heteroatoms. The molecule has 0 spiro atoms. The van der Waals surface area contributed by atoms with E-state index in [0.29, 0.717) is 32.7 Å². The predicted molar refractivity (Wildman–Crippen MR) is 265 cm³/mol. The van der Waals surface area contributed by atoms with E-state index in [1.54, 1.807) is 36.4 Å². The van der Waals surface area contributed by atoms with Gasteiger partial charge in [0.1, 0.15) is 23.1 Å². The first-order valence-electron chi connectivity index (χ1n) is 21.1.